The van der Waals surface area contributed by atoms with E-state index in [0.717, 1.165) is 27.6 Å². The van der Waals surface area contributed by atoms with Crippen molar-refractivity contribution >= 4 is 28.2 Å². The Bertz CT molecular complexity index is 1040. The summed E-state index contributed by atoms with van der Waals surface area (Å²) < 4.78 is 7.08. The molecule has 0 saturated heterocycles. The smallest absolute Gasteiger partial charge is 0.268 e. The molecule has 8 nitrogen and oxygen atoms in total. The van der Waals surface area contributed by atoms with Crippen LogP contribution in [0.5, 0.6) is 0 Å². The largest absolute Gasteiger partial charge is 0.362 e. The van der Waals surface area contributed by atoms with Crippen molar-refractivity contribution < 1.29 is 4.52 Å². The molecule has 0 amide bonds. The molecule has 0 atom stereocenters. The Morgan fingerprint density at radius 1 is 1.23 bits per heavy atom. The number of fused-ring (bicyclic) bond motifs is 1. The number of thiophene rings is 1. The summed E-state index contributed by atoms with van der Waals surface area (Å²) in [6.45, 7) is 6.65. The summed E-state index contributed by atoms with van der Waals surface area (Å²) in [6, 6.07) is 3.91. The molecular formula is C17H19N7OS. The molecule has 0 spiro atoms. The lowest BCUT2D eigenvalue weighted by atomic mass is 9.95. The van der Waals surface area contributed by atoms with Gasteiger partial charge in [0.25, 0.3) is 5.89 Å². The molecule has 0 fully saturated rings. The van der Waals surface area contributed by atoms with Gasteiger partial charge in [-0.1, -0.05) is 32.0 Å². The number of rotatable bonds is 4. The lowest BCUT2D eigenvalue weighted by molar-refractivity contribution is 0.424. The van der Waals surface area contributed by atoms with Crippen LogP contribution in [0.25, 0.3) is 21.8 Å². The number of aromatic nitrogens is 6. The molecular weight excluding hydrogens is 350 g/mol. The molecule has 9 heteroatoms. The van der Waals surface area contributed by atoms with Crippen molar-refractivity contribution in [1.29, 1.82) is 0 Å². The zero-order valence-corrected chi connectivity index (χ0v) is 15.8. The van der Waals surface area contributed by atoms with Gasteiger partial charge in [-0.15, -0.1) is 11.3 Å². The number of nitrogens with zero attached hydrogens (tertiary/aromatic N) is 6. The minimum Gasteiger partial charge on any atom is -0.362 e. The third kappa shape index (κ3) is 3.05. The average molecular weight is 369 g/mol. The molecule has 4 aromatic rings. The second-order valence-electron chi connectivity index (χ2n) is 7.00. The Morgan fingerprint density at radius 3 is 2.81 bits per heavy atom. The van der Waals surface area contributed by atoms with E-state index in [1.165, 1.54) is 0 Å². The van der Waals surface area contributed by atoms with Crippen LogP contribution in [0.15, 0.2) is 28.2 Å². The van der Waals surface area contributed by atoms with Crippen molar-refractivity contribution in [2.45, 2.75) is 32.7 Å². The SMILES string of the molecule is Cn1ncc2c(NCc3noc(-c4cccs4)n3)nc(C(C)(C)C)nc21. The van der Waals surface area contributed by atoms with Crippen LogP contribution in [0.4, 0.5) is 5.82 Å². The van der Waals surface area contributed by atoms with Gasteiger partial charge < -0.3 is 9.84 Å². The Labute approximate surface area is 154 Å². The molecule has 26 heavy (non-hydrogen) atoms. The first-order valence-electron chi connectivity index (χ1n) is 8.22. The van der Waals surface area contributed by atoms with Gasteiger partial charge in [0.15, 0.2) is 11.5 Å². The highest BCUT2D eigenvalue weighted by atomic mass is 32.1. The fourth-order valence-electron chi connectivity index (χ4n) is 2.48. The van der Waals surface area contributed by atoms with Gasteiger partial charge in [-0.25, -0.2) is 9.97 Å². The molecule has 4 aromatic heterocycles. The first kappa shape index (κ1) is 16.6. The van der Waals surface area contributed by atoms with Crippen LogP contribution in [-0.4, -0.2) is 29.9 Å². The van der Waals surface area contributed by atoms with Gasteiger partial charge in [-0.2, -0.15) is 10.1 Å². The molecule has 0 radical (unpaired) electrons. The van der Waals surface area contributed by atoms with E-state index in [-0.39, 0.29) is 5.41 Å². The molecule has 1 N–H and O–H groups in total. The highest BCUT2D eigenvalue weighted by Crippen LogP contribution is 2.26. The van der Waals surface area contributed by atoms with Gasteiger partial charge in [0.05, 0.1) is 23.0 Å². The number of nitrogens with one attached hydrogen (secondary N) is 1. The normalized spacial score (nSPS) is 12.0. The van der Waals surface area contributed by atoms with Crippen molar-refractivity contribution in [3.8, 4) is 10.8 Å². The van der Waals surface area contributed by atoms with E-state index in [4.69, 9.17) is 9.51 Å². The Hall–Kier alpha value is -2.81. The van der Waals surface area contributed by atoms with Crippen molar-refractivity contribution in [2.75, 3.05) is 5.32 Å². The second kappa shape index (κ2) is 6.17. The topological polar surface area (TPSA) is 94.6 Å². The first-order valence-corrected chi connectivity index (χ1v) is 9.10. The molecule has 0 aliphatic heterocycles. The molecule has 0 bridgehead atoms. The Morgan fingerprint density at radius 2 is 2.08 bits per heavy atom. The molecule has 0 aliphatic rings. The van der Waals surface area contributed by atoms with Crippen molar-refractivity contribution in [2.24, 2.45) is 7.05 Å². The van der Waals surface area contributed by atoms with Crippen molar-refractivity contribution in [3.05, 3.63) is 35.4 Å². The van der Waals surface area contributed by atoms with Crippen LogP contribution in [0, 0.1) is 0 Å². The fourth-order valence-corrected chi connectivity index (χ4v) is 3.13. The summed E-state index contributed by atoms with van der Waals surface area (Å²) in [6.07, 6.45) is 1.76. The minimum absolute atomic E-state index is 0.173. The maximum atomic E-state index is 5.33. The number of anilines is 1. The van der Waals surface area contributed by atoms with Gasteiger partial charge in [0.2, 0.25) is 0 Å². The summed E-state index contributed by atoms with van der Waals surface area (Å²) in [5.41, 5.74) is 0.618. The third-order valence-corrected chi connectivity index (χ3v) is 4.73. The van der Waals surface area contributed by atoms with Gasteiger partial charge in [0.1, 0.15) is 11.6 Å². The predicted molar refractivity (Wildman–Crippen MR) is 99.9 cm³/mol. The van der Waals surface area contributed by atoms with E-state index >= 15 is 0 Å². The van der Waals surface area contributed by atoms with Gasteiger partial charge in [-0.3, -0.25) is 4.68 Å². The minimum atomic E-state index is -0.173. The lowest BCUT2D eigenvalue weighted by Gasteiger charge is -2.18. The van der Waals surface area contributed by atoms with E-state index < -0.39 is 0 Å². The highest BCUT2D eigenvalue weighted by Gasteiger charge is 2.21. The second-order valence-corrected chi connectivity index (χ2v) is 7.95. The molecule has 134 valence electrons. The van der Waals surface area contributed by atoms with E-state index in [1.807, 2.05) is 24.6 Å². The van der Waals surface area contributed by atoms with Crippen LogP contribution in [0.1, 0.15) is 32.4 Å². The van der Waals surface area contributed by atoms with E-state index in [1.54, 1.807) is 22.2 Å². The van der Waals surface area contributed by atoms with Crippen LogP contribution in [0.3, 0.4) is 0 Å². The Kier molecular flexibility index (Phi) is 3.95. The standard InChI is InChI=1S/C17H19N7OS/c1-17(2,3)16-21-13(10-8-19-24(4)14(10)22-16)18-9-12-20-15(25-23-12)11-6-5-7-26-11/h5-8H,9H2,1-4H3,(H,18,21,22). The number of aryl methyl sites for hydroxylation is 1. The monoisotopic (exact) mass is 369 g/mol. The summed E-state index contributed by atoms with van der Waals surface area (Å²) in [5.74, 6) is 2.57. The predicted octanol–water partition coefficient (Wildman–Crippen LogP) is 3.38. The zero-order chi connectivity index (χ0) is 18.3. The summed E-state index contributed by atoms with van der Waals surface area (Å²) in [5, 5.41) is 14.5. The molecule has 0 saturated carbocycles. The number of hydrogen-bond acceptors (Lipinski definition) is 8. The van der Waals surface area contributed by atoms with Crippen LogP contribution < -0.4 is 5.32 Å². The van der Waals surface area contributed by atoms with E-state index in [2.05, 4.69) is 46.3 Å². The van der Waals surface area contributed by atoms with Gasteiger partial charge >= 0.3 is 0 Å². The highest BCUT2D eigenvalue weighted by molar-refractivity contribution is 7.13. The number of hydrogen-bond donors (Lipinski definition) is 1. The summed E-state index contributed by atoms with van der Waals surface area (Å²) in [7, 11) is 1.87. The third-order valence-electron chi connectivity index (χ3n) is 3.88. The maximum Gasteiger partial charge on any atom is 0.268 e. The van der Waals surface area contributed by atoms with Crippen LogP contribution >= 0.6 is 11.3 Å². The fraction of sp³-hybridized carbons (Fsp3) is 0.353. The van der Waals surface area contributed by atoms with Crippen LogP contribution in [-0.2, 0) is 19.0 Å². The lowest BCUT2D eigenvalue weighted by Crippen LogP contribution is -2.18. The van der Waals surface area contributed by atoms with Gasteiger partial charge in [0, 0.05) is 12.5 Å². The molecule has 0 aliphatic carbocycles. The molecule has 0 unspecified atom stereocenters. The van der Waals surface area contributed by atoms with Crippen molar-refractivity contribution in [3.63, 3.8) is 0 Å². The summed E-state index contributed by atoms with van der Waals surface area (Å²) in [4.78, 5) is 14.7. The van der Waals surface area contributed by atoms with Crippen molar-refractivity contribution in [1.82, 2.24) is 29.9 Å². The zero-order valence-electron chi connectivity index (χ0n) is 15.0. The summed E-state index contributed by atoms with van der Waals surface area (Å²) >= 11 is 1.56. The van der Waals surface area contributed by atoms with E-state index in [0.29, 0.717) is 18.3 Å². The first-order chi connectivity index (χ1) is 12.4. The molecule has 4 rings (SSSR count). The maximum absolute atomic E-state index is 5.33. The molecule has 0 aromatic carbocycles. The Balaban J connectivity index is 1.63. The van der Waals surface area contributed by atoms with Crippen LogP contribution in [0.2, 0.25) is 0 Å². The molecule has 4 heterocycles. The quantitative estimate of drug-likeness (QED) is 0.589. The van der Waals surface area contributed by atoms with Gasteiger partial charge in [-0.05, 0) is 11.4 Å². The van der Waals surface area contributed by atoms with E-state index in [9.17, 15) is 0 Å². The average Bonchev–Trinajstić information content (AvgIpc) is 3.32.